The zero-order chi connectivity index (χ0) is 15.0. The van der Waals surface area contributed by atoms with E-state index in [0.29, 0.717) is 0 Å². The van der Waals surface area contributed by atoms with Crippen molar-refractivity contribution in [2.45, 2.75) is 26.8 Å². The third-order valence-electron chi connectivity index (χ3n) is 4.18. The molecule has 0 radical (unpaired) electrons. The molecule has 2 fully saturated rings. The van der Waals surface area contributed by atoms with Gasteiger partial charge in [-0.1, -0.05) is 13.8 Å². The second-order valence-electron chi connectivity index (χ2n) is 5.37. The van der Waals surface area contributed by atoms with E-state index < -0.39 is 29.9 Å². The first kappa shape index (κ1) is 14.5. The van der Waals surface area contributed by atoms with Crippen LogP contribution in [0.1, 0.15) is 20.8 Å². The van der Waals surface area contributed by atoms with E-state index >= 15 is 0 Å². The Balaban J connectivity index is 2.29. The highest BCUT2D eigenvalue weighted by atomic mass is 16.6. The SMILES string of the molecule is CC(=O)[C@H]1NC(=O)[C@@H](C)[C@@H](C)[C@@H]1C(=O)N1CCOC1=O. The van der Waals surface area contributed by atoms with Gasteiger partial charge in [-0.3, -0.25) is 14.4 Å². The van der Waals surface area contributed by atoms with Gasteiger partial charge >= 0.3 is 6.09 Å². The topological polar surface area (TPSA) is 92.8 Å². The molecule has 0 saturated carbocycles. The second-order valence-corrected chi connectivity index (χ2v) is 5.37. The van der Waals surface area contributed by atoms with Crippen LogP contribution >= 0.6 is 0 Å². The van der Waals surface area contributed by atoms with Crippen LogP contribution in [0.3, 0.4) is 0 Å². The molecule has 0 aromatic heterocycles. The Morgan fingerprint density at radius 2 is 1.95 bits per heavy atom. The van der Waals surface area contributed by atoms with Crippen LogP contribution in [0, 0.1) is 17.8 Å². The van der Waals surface area contributed by atoms with Crippen LogP contribution in [0.15, 0.2) is 0 Å². The Morgan fingerprint density at radius 1 is 1.30 bits per heavy atom. The van der Waals surface area contributed by atoms with Crippen LogP contribution in [0.5, 0.6) is 0 Å². The summed E-state index contributed by atoms with van der Waals surface area (Å²) in [4.78, 5) is 48.5. The van der Waals surface area contributed by atoms with Crippen molar-refractivity contribution in [3.63, 3.8) is 0 Å². The van der Waals surface area contributed by atoms with E-state index in [-0.39, 0.29) is 30.8 Å². The number of hydrogen-bond donors (Lipinski definition) is 1. The minimum absolute atomic E-state index is 0.165. The lowest BCUT2D eigenvalue weighted by Gasteiger charge is -2.39. The molecule has 0 bridgehead atoms. The molecule has 0 aromatic carbocycles. The number of ketones is 1. The van der Waals surface area contributed by atoms with E-state index in [4.69, 9.17) is 4.74 Å². The lowest BCUT2D eigenvalue weighted by Crippen LogP contribution is -2.60. The molecule has 2 rings (SSSR count). The molecule has 7 heteroatoms. The van der Waals surface area contributed by atoms with Crippen LogP contribution in [0.4, 0.5) is 4.79 Å². The number of carbonyl (C=O) groups excluding carboxylic acids is 4. The van der Waals surface area contributed by atoms with Gasteiger partial charge in [0.05, 0.1) is 18.5 Å². The Bertz CT molecular complexity index is 475. The third kappa shape index (κ3) is 2.28. The summed E-state index contributed by atoms with van der Waals surface area (Å²) >= 11 is 0. The zero-order valence-electron chi connectivity index (χ0n) is 11.7. The molecule has 2 aliphatic rings. The number of imide groups is 1. The highest BCUT2D eigenvalue weighted by molar-refractivity contribution is 6.00. The van der Waals surface area contributed by atoms with Gasteiger partial charge in [-0.25, -0.2) is 9.69 Å². The third-order valence-corrected chi connectivity index (χ3v) is 4.18. The second kappa shape index (κ2) is 5.22. The minimum atomic E-state index is -0.880. The first-order chi connectivity index (χ1) is 9.34. The van der Waals surface area contributed by atoms with Crippen molar-refractivity contribution >= 4 is 23.7 Å². The summed E-state index contributed by atoms with van der Waals surface area (Å²) < 4.78 is 4.75. The maximum atomic E-state index is 12.5. The molecule has 2 heterocycles. The molecule has 2 aliphatic heterocycles. The van der Waals surface area contributed by atoms with Crippen molar-refractivity contribution in [2.24, 2.45) is 17.8 Å². The number of nitrogens with one attached hydrogen (secondary N) is 1. The molecular weight excluding hydrogens is 264 g/mol. The average molecular weight is 282 g/mol. The van der Waals surface area contributed by atoms with Gasteiger partial charge in [-0.15, -0.1) is 0 Å². The maximum Gasteiger partial charge on any atom is 0.416 e. The molecule has 2 saturated heterocycles. The van der Waals surface area contributed by atoms with Gasteiger partial charge in [0.25, 0.3) is 0 Å². The summed E-state index contributed by atoms with van der Waals surface area (Å²) in [5, 5.41) is 2.58. The predicted molar refractivity (Wildman–Crippen MR) is 67.5 cm³/mol. The Labute approximate surface area is 116 Å². The monoisotopic (exact) mass is 282 g/mol. The number of cyclic esters (lactones) is 1. The Hall–Kier alpha value is -1.92. The smallest absolute Gasteiger partial charge is 0.416 e. The van der Waals surface area contributed by atoms with Gasteiger partial charge < -0.3 is 10.1 Å². The molecule has 0 aliphatic carbocycles. The highest BCUT2D eigenvalue weighted by Gasteiger charge is 2.48. The molecule has 4 atom stereocenters. The summed E-state index contributed by atoms with van der Waals surface area (Å²) in [7, 11) is 0. The normalized spacial score (nSPS) is 33.6. The fourth-order valence-corrected chi connectivity index (χ4v) is 2.72. The molecule has 3 amide bonds. The van der Waals surface area contributed by atoms with E-state index in [1.807, 2.05) is 0 Å². The Morgan fingerprint density at radius 3 is 2.45 bits per heavy atom. The summed E-state index contributed by atoms with van der Waals surface area (Å²) in [6, 6.07) is -0.880. The molecule has 7 nitrogen and oxygen atoms in total. The number of amides is 3. The molecule has 0 aromatic rings. The molecule has 0 unspecified atom stereocenters. The van der Waals surface area contributed by atoms with Crippen LogP contribution in [-0.2, 0) is 19.1 Å². The summed E-state index contributed by atoms with van der Waals surface area (Å²) in [5.41, 5.74) is 0. The molecule has 110 valence electrons. The van der Waals surface area contributed by atoms with Gasteiger partial charge in [0.1, 0.15) is 6.61 Å². The molecule has 0 spiro atoms. The summed E-state index contributed by atoms with van der Waals surface area (Å²) in [6.45, 7) is 5.14. The van der Waals surface area contributed by atoms with Crippen LogP contribution in [0.25, 0.3) is 0 Å². The van der Waals surface area contributed by atoms with Crippen molar-refractivity contribution in [3.05, 3.63) is 0 Å². The van der Waals surface area contributed by atoms with E-state index in [2.05, 4.69) is 5.32 Å². The first-order valence-electron chi connectivity index (χ1n) is 6.63. The molecular formula is C13H18N2O5. The number of nitrogens with zero attached hydrogens (tertiary/aromatic N) is 1. The van der Waals surface area contributed by atoms with Crippen LogP contribution < -0.4 is 5.32 Å². The van der Waals surface area contributed by atoms with Gasteiger partial charge in [0.15, 0.2) is 5.78 Å². The van der Waals surface area contributed by atoms with Crippen molar-refractivity contribution < 1.29 is 23.9 Å². The van der Waals surface area contributed by atoms with Crippen molar-refractivity contribution in [3.8, 4) is 0 Å². The average Bonchev–Trinajstić information content (AvgIpc) is 2.81. The number of carbonyl (C=O) groups is 4. The van der Waals surface area contributed by atoms with E-state index in [1.165, 1.54) is 6.92 Å². The highest BCUT2D eigenvalue weighted by Crippen LogP contribution is 2.31. The van der Waals surface area contributed by atoms with Gasteiger partial charge in [-0.2, -0.15) is 0 Å². The number of hydrogen-bond acceptors (Lipinski definition) is 5. The van der Waals surface area contributed by atoms with E-state index in [9.17, 15) is 19.2 Å². The van der Waals surface area contributed by atoms with Crippen LogP contribution in [-0.4, -0.2) is 47.8 Å². The predicted octanol–water partition coefficient (Wildman–Crippen LogP) is -0.0590. The van der Waals surface area contributed by atoms with E-state index in [0.717, 1.165) is 4.90 Å². The Kier molecular flexibility index (Phi) is 3.78. The molecule has 20 heavy (non-hydrogen) atoms. The number of ether oxygens (including phenoxy) is 1. The number of rotatable bonds is 2. The summed E-state index contributed by atoms with van der Waals surface area (Å²) in [5.74, 6) is -2.43. The standard InChI is InChI=1S/C13H18N2O5/c1-6-7(2)11(17)14-10(8(3)16)9(6)12(18)15-4-5-20-13(15)19/h6-7,9-10H,4-5H2,1-3H3,(H,14,17)/t6-,7+,9+,10-/m1/s1. The summed E-state index contributed by atoms with van der Waals surface area (Å²) in [6.07, 6.45) is -0.686. The van der Waals surface area contributed by atoms with Crippen LogP contribution in [0.2, 0.25) is 0 Å². The number of piperidine rings is 1. The van der Waals surface area contributed by atoms with Crippen molar-refractivity contribution in [1.82, 2.24) is 10.2 Å². The van der Waals surface area contributed by atoms with Gasteiger partial charge in [-0.05, 0) is 12.8 Å². The lowest BCUT2D eigenvalue weighted by molar-refractivity contribution is -0.146. The first-order valence-corrected chi connectivity index (χ1v) is 6.63. The maximum absolute atomic E-state index is 12.5. The van der Waals surface area contributed by atoms with Crippen molar-refractivity contribution in [2.75, 3.05) is 13.2 Å². The van der Waals surface area contributed by atoms with Crippen molar-refractivity contribution in [1.29, 1.82) is 0 Å². The zero-order valence-corrected chi connectivity index (χ0v) is 11.7. The fourth-order valence-electron chi connectivity index (χ4n) is 2.72. The molecule has 1 N–H and O–H groups in total. The van der Waals surface area contributed by atoms with Gasteiger partial charge in [0, 0.05) is 5.92 Å². The number of Topliss-reactive ketones (excluding diaryl/α,β-unsaturated/α-hetero) is 1. The quantitative estimate of drug-likeness (QED) is 0.766. The largest absolute Gasteiger partial charge is 0.447 e. The van der Waals surface area contributed by atoms with Gasteiger partial charge in [0.2, 0.25) is 11.8 Å². The van der Waals surface area contributed by atoms with E-state index in [1.54, 1.807) is 13.8 Å². The fraction of sp³-hybridized carbons (Fsp3) is 0.692. The lowest BCUT2D eigenvalue weighted by atomic mass is 9.74. The minimum Gasteiger partial charge on any atom is -0.447 e.